The van der Waals surface area contributed by atoms with Crippen molar-refractivity contribution in [3.05, 3.63) is 11.6 Å². The van der Waals surface area contributed by atoms with Crippen LogP contribution in [0.1, 0.15) is 11.6 Å². The average molecular weight is 140 g/mol. The summed E-state index contributed by atoms with van der Waals surface area (Å²) in [6, 6.07) is 0. The van der Waals surface area contributed by atoms with Crippen molar-refractivity contribution < 1.29 is 0 Å². The van der Waals surface area contributed by atoms with Crippen molar-refractivity contribution in [3.63, 3.8) is 0 Å². The minimum Gasteiger partial charge on any atom is -0.328 e. The summed E-state index contributed by atoms with van der Waals surface area (Å²) in [5.74, 6) is 1.79. The average Bonchev–Trinajstić information content (AvgIpc) is 2.13. The predicted octanol–water partition coefficient (Wildman–Crippen LogP) is 0.175. The number of hydrogen-bond acceptors (Lipinski definition) is 3. The van der Waals surface area contributed by atoms with Gasteiger partial charge in [-0.15, -0.1) is 10.2 Å². The third-order valence-electron chi connectivity index (χ3n) is 1.11. The molecule has 0 bridgehead atoms. The minimum atomic E-state index is 0.820. The molecule has 0 unspecified atom stereocenters. The highest BCUT2D eigenvalue weighted by Gasteiger charge is 1.98. The van der Waals surface area contributed by atoms with Gasteiger partial charge in [0.2, 0.25) is 0 Å². The highest BCUT2D eigenvalue weighted by molar-refractivity contribution is 4.86. The lowest BCUT2D eigenvalue weighted by Crippen LogP contribution is -2.11. The molecule has 56 valence electrons. The van der Waals surface area contributed by atoms with E-state index in [4.69, 9.17) is 0 Å². The van der Waals surface area contributed by atoms with Crippen LogP contribution in [-0.4, -0.2) is 34.2 Å². The van der Waals surface area contributed by atoms with E-state index in [0.29, 0.717) is 0 Å². The number of aromatic amines is 1. The van der Waals surface area contributed by atoms with Gasteiger partial charge in [0.25, 0.3) is 0 Å². The quantitative estimate of drug-likeness (QED) is 0.637. The zero-order chi connectivity index (χ0) is 7.56. The van der Waals surface area contributed by atoms with Crippen LogP contribution in [0.15, 0.2) is 0 Å². The maximum Gasteiger partial charge on any atom is 0.144 e. The molecule has 0 saturated heterocycles. The molecule has 10 heavy (non-hydrogen) atoms. The Kier molecular flexibility index (Phi) is 2.01. The van der Waals surface area contributed by atoms with Gasteiger partial charge in [-0.1, -0.05) is 0 Å². The third kappa shape index (κ3) is 1.80. The van der Waals surface area contributed by atoms with E-state index in [0.717, 1.165) is 18.2 Å². The Labute approximate surface area is 60.3 Å². The number of nitrogens with one attached hydrogen (secondary N) is 1. The highest BCUT2D eigenvalue weighted by atomic mass is 15.2. The SMILES string of the molecule is Cc1nnc(CN(C)C)[nH]1. The maximum atomic E-state index is 3.91. The normalized spacial score (nSPS) is 10.8. The molecule has 4 nitrogen and oxygen atoms in total. The lowest BCUT2D eigenvalue weighted by atomic mass is 10.5. The number of hydrogen-bond donors (Lipinski definition) is 1. The highest BCUT2D eigenvalue weighted by Crippen LogP contribution is 1.92. The summed E-state index contributed by atoms with van der Waals surface area (Å²) >= 11 is 0. The summed E-state index contributed by atoms with van der Waals surface area (Å²) in [6.07, 6.45) is 0. The lowest BCUT2D eigenvalue weighted by Gasteiger charge is -2.04. The summed E-state index contributed by atoms with van der Waals surface area (Å²) < 4.78 is 0. The van der Waals surface area contributed by atoms with Crippen molar-refractivity contribution in [2.24, 2.45) is 0 Å². The number of aryl methyl sites for hydroxylation is 1. The van der Waals surface area contributed by atoms with Crippen LogP contribution >= 0.6 is 0 Å². The first-order valence-electron chi connectivity index (χ1n) is 3.21. The fraction of sp³-hybridized carbons (Fsp3) is 0.667. The van der Waals surface area contributed by atoms with Gasteiger partial charge in [0.05, 0.1) is 6.54 Å². The maximum absolute atomic E-state index is 3.91. The Balaban J connectivity index is 2.58. The van der Waals surface area contributed by atoms with Gasteiger partial charge in [-0.2, -0.15) is 0 Å². The van der Waals surface area contributed by atoms with Gasteiger partial charge < -0.3 is 9.88 Å². The van der Waals surface area contributed by atoms with Crippen molar-refractivity contribution in [2.45, 2.75) is 13.5 Å². The van der Waals surface area contributed by atoms with Gasteiger partial charge >= 0.3 is 0 Å². The molecule has 0 aliphatic rings. The molecule has 0 fully saturated rings. The van der Waals surface area contributed by atoms with E-state index in [1.54, 1.807) is 0 Å². The Morgan fingerprint density at radius 2 is 2.10 bits per heavy atom. The molecule has 0 spiro atoms. The molecule has 1 heterocycles. The molecule has 1 aromatic heterocycles. The Morgan fingerprint density at radius 1 is 1.40 bits per heavy atom. The summed E-state index contributed by atoms with van der Waals surface area (Å²) in [4.78, 5) is 5.09. The van der Waals surface area contributed by atoms with Crippen molar-refractivity contribution in [1.29, 1.82) is 0 Å². The van der Waals surface area contributed by atoms with Crippen LogP contribution in [0.2, 0.25) is 0 Å². The second kappa shape index (κ2) is 2.79. The zero-order valence-electron chi connectivity index (χ0n) is 6.55. The van der Waals surface area contributed by atoms with Crippen molar-refractivity contribution in [3.8, 4) is 0 Å². The second-order valence-corrected chi connectivity index (χ2v) is 2.59. The minimum absolute atomic E-state index is 0.820. The summed E-state index contributed by atoms with van der Waals surface area (Å²) in [5, 5.41) is 7.75. The molecule has 0 aliphatic carbocycles. The van der Waals surface area contributed by atoms with Crippen LogP contribution in [0.25, 0.3) is 0 Å². The topological polar surface area (TPSA) is 44.8 Å². The fourth-order valence-electron chi connectivity index (χ4n) is 0.765. The zero-order valence-corrected chi connectivity index (χ0v) is 6.55. The molecule has 1 rings (SSSR count). The molecule has 0 amide bonds. The predicted molar refractivity (Wildman–Crippen MR) is 38.5 cm³/mol. The van der Waals surface area contributed by atoms with Gasteiger partial charge in [0, 0.05) is 0 Å². The fourth-order valence-corrected chi connectivity index (χ4v) is 0.765. The van der Waals surface area contributed by atoms with Crippen LogP contribution in [0, 0.1) is 6.92 Å². The molecule has 0 radical (unpaired) electrons. The Bertz CT molecular complexity index is 203. The Morgan fingerprint density at radius 3 is 2.50 bits per heavy atom. The van der Waals surface area contributed by atoms with E-state index >= 15 is 0 Å². The van der Waals surface area contributed by atoms with Crippen LogP contribution in [0.5, 0.6) is 0 Å². The van der Waals surface area contributed by atoms with Crippen molar-refractivity contribution in [2.75, 3.05) is 14.1 Å². The van der Waals surface area contributed by atoms with Gasteiger partial charge in [0.15, 0.2) is 0 Å². The molecular weight excluding hydrogens is 128 g/mol. The second-order valence-electron chi connectivity index (χ2n) is 2.59. The standard InChI is InChI=1S/C6H12N4/c1-5-7-6(9-8-5)4-10(2)3/h4H2,1-3H3,(H,7,8,9). The van der Waals surface area contributed by atoms with Gasteiger partial charge in [0.1, 0.15) is 11.6 Å². The first-order chi connectivity index (χ1) is 4.68. The number of rotatable bonds is 2. The summed E-state index contributed by atoms with van der Waals surface area (Å²) in [7, 11) is 4.00. The monoisotopic (exact) mass is 140 g/mol. The molecule has 0 saturated carbocycles. The van der Waals surface area contributed by atoms with E-state index in [9.17, 15) is 0 Å². The molecule has 0 aliphatic heterocycles. The number of aromatic nitrogens is 3. The first-order valence-corrected chi connectivity index (χ1v) is 3.21. The molecular formula is C6H12N4. The summed E-state index contributed by atoms with van der Waals surface area (Å²) in [5.41, 5.74) is 0. The lowest BCUT2D eigenvalue weighted by molar-refractivity contribution is 0.391. The molecule has 1 aromatic rings. The molecule has 0 aromatic carbocycles. The van der Waals surface area contributed by atoms with E-state index < -0.39 is 0 Å². The van der Waals surface area contributed by atoms with Gasteiger partial charge in [-0.3, -0.25) is 0 Å². The third-order valence-corrected chi connectivity index (χ3v) is 1.11. The van der Waals surface area contributed by atoms with Crippen molar-refractivity contribution in [1.82, 2.24) is 20.1 Å². The van der Waals surface area contributed by atoms with Crippen LogP contribution in [-0.2, 0) is 6.54 Å². The summed E-state index contributed by atoms with van der Waals surface area (Å²) in [6.45, 7) is 2.72. The van der Waals surface area contributed by atoms with E-state index in [2.05, 4.69) is 15.2 Å². The number of H-pyrrole nitrogens is 1. The first kappa shape index (κ1) is 7.21. The van der Waals surface area contributed by atoms with Crippen LogP contribution in [0.4, 0.5) is 0 Å². The Hall–Kier alpha value is -0.900. The molecule has 0 atom stereocenters. The van der Waals surface area contributed by atoms with E-state index in [-0.39, 0.29) is 0 Å². The molecule has 4 heteroatoms. The van der Waals surface area contributed by atoms with Crippen LogP contribution in [0.3, 0.4) is 0 Å². The van der Waals surface area contributed by atoms with E-state index in [1.807, 2.05) is 25.9 Å². The number of nitrogens with zero attached hydrogens (tertiary/aromatic N) is 3. The largest absolute Gasteiger partial charge is 0.328 e. The van der Waals surface area contributed by atoms with E-state index in [1.165, 1.54) is 0 Å². The van der Waals surface area contributed by atoms with Gasteiger partial charge in [-0.05, 0) is 21.0 Å². The van der Waals surface area contributed by atoms with Crippen molar-refractivity contribution >= 4 is 0 Å². The van der Waals surface area contributed by atoms with Gasteiger partial charge in [-0.25, -0.2) is 0 Å². The van der Waals surface area contributed by atoms with Crippen LogP contribution < -0.4 is 0 Å². The molecule has 1 N–H and O–H groups in total. The smallest absolute Gasteiger partial charge is 0.144 e.